The third-order valence-electron chi connectivity index (χ3n) is 2.57. The molecule has 0 heterocycles. The lowest BCUT2D eigenvalue weighted by Gasteiger charge is -2.08. The summed E-state index contributed by atoms with van der Waals surface area (Å²) in [5.41, 5.74) is -0.0834. The number of phenols is 1. The second-order valence-electron chi connectivity index (χ2n) is 4.71. The van der Waals surface area contributed by atoms with Gasteiger partial charge in [0.05, 0.1) is 12.2 Å². The Morgan fingerprint density at radius 2 is 2.16 bits per heavy atom. The average Bonchev–Trinajstić information content (AvgIpc) is 2.32. The first kappa shape index (κ1) is 15.4. The van der Waals surface area contributed by atoms with Gasteiger partial charge in [-0.3, -0.25) is 4.79 Å². The first-order valence-electron chi connectivity index (χ1n) is 6.35. The molecule has 19 heavy (non-hydrogen) atoms. The summed E-state index contributed by atoms with van der Waals surface area (Å²) in [5, 5.41) is 11.6. The molecule has 1 rings (SSSR count). The van der Waals surface area contributed by atoms with E-state index in [0.717, 1.165) is 12.5 Å². The number of halogens is 1. The minimum absolute atomic E-state index is 0.0834. The van der Waals surface area contributed by atoms with Crippen molar-refractivity contribution in [2.75, 3.05) is 19.8 Å². The van der Waals surface area contributed by atoms with Crippen LogP contribution in [0, 0.1) is 11.7 Å². The molecule has 0 bridgehead atoms. The fourth-order valence-corrected chi connectivity index (χ4v) is 1.44. The van der Waals surface area contributed by atoms with E-state index in [-0.39, 0.29) is 11.3 Å². The van der Waals surface area contributed by atoms with Gasteiger partial charge in [0.25, 0.3) is 5.91 Å². The SMILES string of the molecule is CC(C)CCOCCNC(=O)c1ccc(O)cc1F. The molecule has 0 saturated carbocycles. The lowest BCUT2D eigenvalue weighted by Crippen LogP contribution is -2.28. The summed E-state index contributed by atoms with van der Waals surface area (Å²) in [5.74, 6) is -0.866. The van der Waals surface area contributed by atoms with Gasteiger partial charge in [-0.05, 0) is 24.5 Å². The van der Waals surface area contributed by atoms with Gasteiger partial charge < -0.3 is 15.2 Å². The van der Waals surface area contributed by atoms with Gasteiger partial charge in [0.15, 0.2) is 0 Å². The summed E-state index contributed by atoms with van der Waals surface area (Å²) in [6.45, 7) is 5.61. The van der Waals surface area contributed by atoms with Gasteiger partial charge in [0.1, 0.15) is 11.6 Å². The van der Waals surface area contributed by atoms with Crippen LogP contribution in [-0.4, -0.2) is 30.8 Å². The van der Waals surface area contributed by atoms with Gasteiger partial charge in [-0.2, -0.15) is 0 Å². The molecule has 1 amide bonds. The predicted octanol–water partition coefficient (Wildman–Crippen LogP) is 2.32. The third-order valence-corrected chi connectivity index (χ3v) is 2.57. The zero-order chi connectivity index (χ0) is 14.3. The monoisotopic (exact) mass is 269 g/mol. The number of carbonyl (C=O) groups is 1. The first-order chi connectivity index (χ1) is 9.00. The Morgan fingerprint density at radius 3 is 2.79 bits per heavy atom. The van der Waals surface area contributed by atoms with E-state index in [0.29, 0.717) is 25.7 Å². The van der Waals surface area contributed by atoms with E-state index >= 15 is 0 Å². The Morgan fingerprint density at radius 1 is 1.42 bits per heavy atom. The predicted molar refractivity (Wildman–Crippen MR) is 70.7 cm³/mol. The number of hydrogen-bond donors (Lipinski definition) is 2. The molecule has 0 atom stereocenters. The number of aromatic hydroxyl groups is 1. The Hall–Kier alpha value is -1.62. The van der Waals surface area contributed by atoms with Crippen LogP contribution in [-0.2, 0) is 4.74 Å². The zero-order valence-corrected chi connectivity index (χ0v) is 11.3. The van der Waals surface area contributed by atoms with E-state index in [4.69, 9.17) is 9.84 Å². The van der Waals surface area contributed by atoms with E-state index in [1.807, 2.05) is 0 Å². The minimum atomic E-state index is -0.738. The lowest BCUT2D eigenvalue weighted by atomic mass is 10.1. The average molecular weight is 269 g/mol. The Kier molecular flexibility index (Phi) is 6.29. The first-order valence-corrected chi connectivity index (χ1v) is 6.35. The molecule has 0 aliphatic heterocycles. The van der Waals surface area contributed by atoms with Crippen LogP contribution in [0.1, 0.15) is 30.6 Å². The van der Waals surface area contributed by atoms with Crippen LogP contribution in [0.25, 0.3) is 0 Å². The Bertz CT molecular complexity index is 421. The molecule has 4 nitrogen and oxygen atoms in total. The number of benzene rings is 1. The second kappa shape index (κ2) is 7.74. The van der Waals surface area contributed by atoms with Gasteiger partial charge in [-0.15, -0.1) is 0 Å². The molecule has 0 aromatic heterocycles. The van der Waals surface area contributed by atoms with Crippen molar-refractivity contribution in [3.63, 3.8) is 0 Å². The van der Waals surface area contributed by atoms with Crippen molar-refractivity contribution in [1.29, 1.82) is 0 Å². The third kappa shape index (κ3) is 5.70. The van der Waals surface area contributed by atoms with Gasteiger partial charge in [0, 0.05) is 19.2 Å². The smallest absolute Gasteiger partial charge is 0.254 e. The van der Waals surface area contributed by atoms with E-state index in [9.17, 15) is 9.18 Å². The van der Waals surface area contributed by atoms with Crippen molar-refractivity contribution in [3.05, 3.63) is 29.6 Å². The highest BCUT2D eigenvalue weighted by Gasteiger charge is 2.11. The van der Waals surface area contributed by atoms with Crippen LogP contribution in [0.4, 0.5) is 4.39 Å². The molecule has 1 aromatic carbocycles. The number of phenolic OH excluding ortho intramolecular Hbond substituents is 1. The summed E-state index contributed by atoms with van der Waals surface area (Å²) < 4.78 is 18.7. The van der Waals surface area contributed by atoms with Crippen LogP contribution in [0.3, 0.4) is 0 Å². The summed E-state index contributed by atoms with van der Waals surface area (Å²) >= 11 is 0. The number of carbonyl (C=O) groups excluding carboxylic acids is 1. The molecule has 0 spiro atoms. The largest absolute Gasteiger partial charge is 0.508 e. The summed E-state index contributed by atoms with van der Waals surface area (Å²) in [6.07, 6.45) is 0.973. The Balaban J connectivity index is 2.28. The quantitative estimate of drug-likeness (QED) is 0.747. The summed E-state index contributed by atoms with van der Waals surface area (Å²) in [4.78, 5) is 11.6. The number of ether oxygens (including phenoxy) is 1. The van der Waals surface area contributed by atoms with E-state index < -0.39 is 11.7 Å². The van der Waals surface area contributed by atoms with Crippen LogP contribution in [0.5, 0.6) is 5.75 Å². The topological polar surface area (TPSA) is 58.6 Å². The van der Waals surface area contributed by atoms with Gasteiger partial charge >= 0.3 is 0 Å². The van der Waals surface area contributed by atoms with E-state index in [1.165, 1.54) is 12.1 Å². The van der Waals surface area contributed by atoms with Crippen LogP contribution < -0.4 is 5.32 Å². The van der Waals surface area contributed by atoms with Gasteiger partial charge in [0.2, 0.25) is 0 Å². The maximum Gasteiger partial charge on any atom is 0.254 e. The molecule has 5 heteroatoms. The molecule has 0 unspecified atom stereocenters. The highest BCUT2D eigenvalue weighted by atomic mass is 19.1. The molecule has 0 aliphatic rings. The fraction of sp³-hybridized carbons (Fsp3) is 0.500. The maximum absolute atomic E-state index is 13.4. The normalized spacial score (nSPS) is 10.7. The molecule has 0 radical (unpaired) electrons. The number of hydrogen-bond acceptors (Lipinski definition) is 3. The van der Waals surface area contributed by atoms with Crippen molar-refractivity contribution in [2.24, 2.45) is 5.92 Å². The van der Waals surface area contributed by atoms with Crippen LogP contribution in [0.15, 0.2) is 18.2 Å². The molecule has 106 valence electrons. The molecule has 2 N–H and O–H groups in total. The molecular formula is C14H20FNO3. The van der Waals surface area contributed by atoms with Gasteiger partial charge in [-0.25, -0.2) is 4.39 Å². The van der Waals surface area contributed by atoms with Gasteiger partial charge in [-0.1, -0.05) is 13.8 Å². The molecule has 1 aromatic rings. The second-order valence-corrected chi connectivity index (χ2v) is 4.71. The van der Waals surface area contributed by atoms with Crippen molar-refractivity contribution in [2.45, 2.75) is 20.3 Å². The van der Waals surface area contributed by atoms with Crippen LogP contribution >= 0.6 is 0 Å². The van der Waals surface area contributed by atoms with Crippen molar-refractivity contribution in [1.82, 2.24) is 5.32 Å². The number of amides is 1. The van der Waals surface area contributed by atoms with E-state index in [2.05, 4.69) is 19.2 Å². The maximum atomic E-state index is 13.4. The van der Waals surface area contributed by atoms with Crippen molar-refractivity contribution < 1.29 is 19.0 Å². The Labute approximate surface area is 112 Å². The lowest BCUT2D eigenvalue weighted by molar-refractivity contribution is 0.0902. The highest BCUT2D eigenvalue weighted by Crippen LogP contribution is 2.14. The van der Waals surface area contributed by atoms with Crippen molar-refractivity contribution >= 4 is 5.91 Å². The fourth-order valence-electron chi connectivity index (χ4n) is 1.44. The molecule has 0 saturated heterocycles. The van der Waals surface area contributed by atoms with Crippen molar-refractivity contribution in [3.8, 4) is 5.75 Å². The summed E-state index contributed by atoms with van der Waals surface area (Å²) in [6, 6.07) is 3.44. The number of rotatable bonds is 7. The molecular weight excluding hydrogens is 249 g/mol. The number of nitrogens with one attached hydrogen (secondary N) is 1. The zero-order valence-electron chi connectivity index (χ0n) is 11.3. The standard InChI is InChI=1S/C14H20FNO3/c1-10(2)5-7-19-8-6-16-14(18)12-4-3-11(17)9-13(12)15/h3-4,9-10,17H,5-8H2,1-2H3,(H,16,18). The summed E-state index contributed by atoms with van der Waals surface area (Å²) in [7, 11) is 0. The minimum Gasteiger partial charge on any atom is -0.508 e. The molecule has 0 fully saturated rings. The highest BCUT2D eigenvalue weighted by molar-refractivity contribution is 5.94. The van der Waals surface area contributed by atoms with Crippen LogP contribution in [0.2, 0.25) is 0 Å². The molecule has 0 aliphatic carbocycles. The van der Waals surface area contributed by atoms with E-state index in [1.54, 1.807) is 0 Å².